The van der Waals surface area contributed by atoms with Gasteiger partial charge in [0.2, 0.25) is 5.91 Å². The first kappa shape index (κ1) is 20.0. The third-order valence-electron chi connectivity index (χ3n) is 3.46. The summed E-state index contributed by atoms with van der Waals surface area (Å²) in [6.45, 7) is 5.32. The van der Waals surface area contributed by atoms with Gasteiger partial charge in [-0.25, -0.2) is 0 Å². The smallest absolute Gasteiger partial charge is 0.272 e. The van der Waals surface area contributed by atoms with E-state index in [2.05, 4.69) is 10.6 Å². The van der Waals surface area contributed by atoms with Gasteiger partial charge in [0.05, 0.1) is 10.7 Å². The molecule has 0 aromatic heterocycles. The lowest BCUT2D eigenvalue weighted by molar-refractivity contribution is -0.128. The number of nitrogens with one attached hydrogen (secondary N) is 2. The van der Waals surface area contributed by atoms with Crippen molar-refractivity contribution >= 4 is 46.8 Å². The predicted octanol–water partition coefficient (Wildman–Crippen LogP) is 5.14. The summed E-state index contributed by atoms with van der Waals surface area (Å²) in [5.74, 6) is -0.761. The fraction of sp³-hybridized carbons (Fsp3) is 0.200. The largest absolute Gasteiger partial charge is 0.321 e. The highest BCUT2D eigenvalue weighted by atomic mass is 35.5. The second-order valence-electron chi connectivity index (χ2n) is 6.75. The van der Waals surface area contributed by atoms with Gasteiger partial charge in [-0.3, -0.25) is 9.59 Å². The van der Waals surface area contributed by atoms with Crippen LogP contribution in [0, 0.1) is 5.41 Å². The van der Waals surface area contributed by atoms with E-state index in [1.165, 1.54) is 0 Å². The Morgan fingerprint density at radius 2 is 1.65 bits per heavy atom. The maximum Gasteiger partial charge on any atom is 0.272 e. The van der Waals surface area contributed by atoms with Crippen molar-refractivity contribution in [3.05, 3.63) is 69.8 Å². The molecular formula is C20H20Cl2N2O2. The highest BCUT2D eigenvalue weighted by Gasteiger charge is 2.24. The molecule has 0 aliphatic carbocycles. The minimum atomic E-state index is -0.649. The van der Waals surface area contributed by atoms with Crippen molar-refractivity contribution in [2.45, 2.75) is 20.8 Å². The van der Waals surface area contributed by atoms with Crippen molar-refractivity contribution in [2.75, 3.05) is 5.32 Å². The molecular weight excluding hydrogens is 371 g/mol. The number of hydrogen-bond acceptors (Lipinski definition) is 2. The monoisotopic (exact) mass is 390 g/mol. The van der Waals surface area contributed by atoms with Crippen LogP contribution in [0.15, 0.2) is 54.2 Å². The van der Waals surface area contributed by atoms with E-state index in [0.29, 0.717) is 15.7 Å². The Balaban J connectivity index is 2.33. The molecule has 0 aliphatic rings. The van der Waals surface area contributed by atoms with E-state index >= 15 is 0 Å². The molecule has 0 saturated carbocycles. The zero-order valence-electron chi connectivity index (χ0n) is 14.8. The van der Waals surface area contributed by atoms with E-state index in [4.69, 9.17) is 23.2 Å². The molecule has 2 amide bonds. The Morgan fingerprint density at radius 3 is 2.27 bits per heavy atom. The van der Waals surface area contributed by atoms with Crippen LogP contribution in [0.3, 0.4) is 0 Å². The molecule has 2 aromatic rings. The zero-order chi connectivity index (χ0) is 19.3. The number of carbonyl (C=O) groups is 2. The van der Waals surface area contributed by atoms with Crippen LogP contribution in [0.1, 0.15) is 26.3 Å². The molecule has 136 valence electrons. The average molecular weight is 391 g/mol. The molecule has 0 unspecified atom stereocenters. The quantitative estimate of drug-likeness (QED) is 0.710. The summed E-state index contributed by atoms with van der Waals surface area (Å²) in [6.07, 6.45) is 1.61. The Hall–Kier alpha value is -2.30. The van der Waals surface area contributed by atoms with Crippen LogP contribution in [-0.2, 0) is 9.59 Å². The van der Waals surface area contributed by atoms with E-state index in [-0.39, 0.29) is 11.6 Å². The van der Waals surface area contributed by atoms with Gasteiger partial charge in [0.15, 0.2) is 0 Å². The van der Waals surface area contributed by atoms with Crippen molar-refractivity contribution in [1.29, 1.82) is 0 Å². The minimum absolute atomic E-state index is 0.118. The molecule has 0 radical (unpaired) electrons. The Morgan fingerprint density at radius 1 is 1.00 bits per heavy atom. The first-order valence-electron chi connectivity index (χ1n) is 8.01. The molecule has 0 aliphatic heterocycles. The molecule has 0 fully saturated rings. The molecule has 2 aromatic carbocycles. The van der Waals surface area contributed by atoms with Gasteiger partial charge in [-0.2, -0.15) is 0 Å². The van der Waals surface area contributed by atoms with Crippen LogP contribution in [0.25, 0.3) is 6.08 Å². The minimum Gasteiger partial charge on any atom is -0.321 e. The second kappa shape index (κ2) is 8.39. The molecule has 0 spiro atoms. The summed E-state index contributed by atoms with van der Waals surface area (Å²) < 4.78 is 0. The molecule has 26 heavy (non-hydrogen) atoms. The van der Waals surface area contributed by atoms with Crippen LogP contribution < -0.4 is 10.6 Å². The summed E-state index contributed by atoms with van der Waals surface area (Å²) >= 11 is 12.1. The van der Waals surface area contributed by atoms with Gasteiger partial charge in [0.25, 0.3) is 5.91 Å². The van der Waals surface area contributed by atoms with Crippen LogP contribution in [-0.4, -0.2) is 11.8 Å². The fourth-order valence-electron chi connectivity index (χ4n) is 1.97. The number of hydrogen-bond donors (Lipinski definition) is 2. The number of rotatable bonds is 4. The van der Waals surface area contributed by atoms with Crippen molar-refractivity contribution in [3.8, 4) is 0 Å². The van der Waals surface area contributed by atoms with Crippen molar-refractivity contribution < 1.29 is 9.59 Å². The molecule has 0 atom stereocenters. The summed E-state index contributed by atoms with van der Waals surface area (Å²) in [6, 6.07) is 14.0. The van der Waals surface area contributed by atoms with Gasteiger partial charge in [-0.05, 0) is 29.8 Å². The van der Waals surface area contributed by atoms with Crippen molar-refractivity contribution in [2.24, 2.45) is 5.41 Å². The lowest BCUT2D eigenvalue weighted by Crippen LogP contribution is -2.38. The average Bonchev–Trinajstić information content (AvgIpc) is 2.57. The van der Waals surface area contributed by atoms with E-state index in [1.54, 1.807) is 45.0 Å². The van der Waals surface area contributed by atoms with E-state index in [9.17, 15) is 9.59 Å². The van der Waals surface area contributed by atoms with Gasteiger partial charge in [0.1, 0.15) is 5.70 Å². The molecule has 6 heteroatoms. The van der Waals surface area contributed by atoms with E-state index < -0.39 is 11.3 Å². The molecule has 2 N–H and O–H groups in total. The lowest BCUT2D eigenvalue weighted by Gasteiger charge is -2.19. The van der Waals surface area contributed by atoms with Gasteiger partial charge in [-0.15, -0.1) is 0 Å². The number of carbonyl (C=O) groups excluding carboxylic acids is 2. The SMILES string of the molecule is CC(C)(C)C(=O)N/C(=C/c1ccccc1)C(=O)Nc1cc(Cl)ccc1Cl. The highest BCUT2D eigenvalue weighted by Crippen LogP contribution is 2.26. The predicted molar refractivity (Wildman–Crippen MR) is 107 cm³/mol. The van der Waals surface area contributed by atoms with Gasteiger partial charge < -0.3 is 10.6 Å². The first-order valence-corrected chi connectivity index (χ1v) is 8.77. The van der Waals surface area contributed by atoms with Crippen LogP contribution >= 0.6 is 23.2 Å². The Kier molecular flexibility index (Phi) is 6.46. The topological polar surface area (TPSA) is 58.2 Å². The molecule has 0 heterocycles. The third kappa shape index (κ3) is 5.61. The van der Waals surface area contributed by atoms with Crippen LogP contribution in [0.2, 0.25) is 10.0 Å². The Labute approximate surface area is 163 Å². The van der Waals surface area contributed by atoms with Crippen LogP contribution in [0.4, 0.5) is 5.69 Å². The zero-order valence-corrected chi connectivity index (χ0v) is 16.3. The van der Waals surface area contributed by atoms with E-state index in [0.717, 1.165) is 5.56 Å². The van der Waals surface area contributed by atoms with Crippen molar-refractivity contribution in [1.82, 2.24) is 5.32 Å². The number of halogens is 2. The summed E-state index contributed by atoms with van der Waals surface area (Å²) in [4.78, 5) is 25.1. The molecule has 0 bridgehead atoms. The highest BCUT2D eigenvalue weighted by molar-refractivity contribution is 6.36. The molecule has 0 saturated heterocycles. The second-order valence-corrected chi connectivity index (χ2v) is 7.59. The van der Waals surface area contributed by atoms with Gasteiger partial charge >= 0.3 is 0 Å². The standard InChI is InChI=1S/C20H20Cl2N2O2/c1-20(2,3)19(26)24-17(11-13-7-5-4-6-8-13)18(25)23-16-12-14(21)9-10-15(16)22/h4-12H,1-3H3,(H,23,25)(H,24,26)/b17-11+. The fourth-order valence-corrected chi connectivity index (χ4v) is 2.30. The number of benzene rings is 2. The number of amides is 2. The Bertz CT molecular complexity index is 841. The summed E-state index contributed by atoms with van der Waals surface area (Å²) in [5.41, 5.74) is 0.619. The maximum absolute atomic E-state index is 12.7. The summed E-state index contributed by atoms with van der Waals surface area (Å²) in [5, 5.41) is 6.18. The third-order valence-corrected chi connectivity index (χ3v) is 4.03. The summed E-state index contributed by atoms with van der Waals surface area (Å²) in [7, 11) is 0. The lowest BCUT2D eigenvalue weighted by atomic mass is 9.95. The van der Waals surface area contributed by atoms with Gasteiger partial charge in [0, 0.05) is 10.4 Å². The van der Waals surface area contributed by atoms with Crippen LogP contribution in [0.5, 0.6) is 0 Å². The van der Waals surface area contributed by atoms with E-state index in [1.807, 2.05) is 30.3 Å². The first-order chi connectivity index (χ1) is 12.2. The molecule has 4 nitrogen and oxygen atoms in total. The number of anilines is 1. The van der Waals surface area contributed by atoms with Gasteiger partial charge in [-0.1, -0.05) is 74.3 Å². The van der Waals surface area contributed by atoms with Crippen molar-refractivity contribution in [3.63, 3.8) is 0 Å². The maximum atomic E-state index is 12.7. The normalized spacial score (nSPS) is 11.8. The molecule has 2 rings (SSSR count).